The summed E-state index contributed by atoms with van der Waals surface area (Å²) in [5, 5.41) is 3.01. The first-order valence-electron chi connectivity index (χ1n) is 9.58. The number of benzene rings is 1. The van der Waals surface area contributed by atoms with Gasteiger partial charge in [-0.3, -0.25) is 0 Å². The van der Waals surface area contributed by atoms with Gasteiger partial charge in [-0.25, -0.2) is 14.8 Å². The lowest BCUT2D eigenvalue weighted by atomic mass is 10.1. The van der Waals surface area contributed by atoms with Crippen LogP contribution in [0.5, 0.6) is 0 Å². The van der Waals surface area contributed by atoms with Crippen molar-refractivity contribution in [2.45, 2.75) is 13.3 Å². The van der Waals surface area contributed by atoms with Gasteiger partial charge in [-0.05, 0) is 36.2 Å². The zero-order valence-corrected chi connectivity index (χ0v) is 16.0. The van der Waals surface area contributed by atoms with Gasteiger partial charge in [-0.2, -0.15) is 0 Å². The van der Waals surface area contributed by atoms with Gasteiger partial charge in [0.05, 0.1) is 0 Å². The number of carbonyl (C=O) groups is 1. The fourth-order valence-electron chi connectivity index (χ4n) is 3.35. The highest BCUT2D eigenvalue weighted by molar-refractivity contribution is 5.89. The van der Waals surface area contributed by atoms with Crippen LogP contribution in [0.4, 0.5) is 16.3 Å². The highest BCUT2D eigenvalue weighted by Crippen LogP contribution is 2.17. The Kier molecular flexibility index (Phi) is 5.23. The molecule has 0 spiro atoms. The summed E-state index contributed by atoms with van der Waals surface area (Å²) < 4.78 is 1.96. The molecule has 28 heavy (non-hydrogen) atoms. The Morgan fingerprint density at radius 1 is 1.00 bits per heavy atom. The molecule has 2 aromatic heterocycles. The summed E-state index contributed by atoms with van der Waals surface area (Å²) in [7, 11) is 0. The topological polar surface area (TPSA) is 66.3 Å². The molecule has 4 rings (SSSR count). The zero-order chi connectivity index (χ0) is 19.3. The van der Waals surface area contributed by atoms with Gasteiger partial charge in [-0.15, -0.1) is 0 Å². The number of aromatic nitrogens is 3. The molecular weight excluding hydrogens is 352 g/mol. The summed E-state index contributed by atoms with van der Waals surface area (Å²) in [5.74, 6) is 1.72. The van der Waals surface area contributed by atoms with Crippen LogP contribution < -0.4 is 10.2 Å². The van der Waals surface area contributed by atoms with Gasteiger partial charge < -0.3 is 19.7 Å². The van der Waals surface area contributed by atoms with Crippen LogP contribution in [-0.4, -0.2) is 51.6 Å². The minimum Gasteiger partial charge on any atom is -0.353 e. The largest absolute Gasteiger partial charge is 0.353 e. The zero-order valence-electron chi connectivity index (χ0n) is 16.0. The van der Waals surface area contributed by atoms with Crippen molar-refractivity contribution >= 4 is 17.5 Å². The predicted octanol–water partition coefficient (Wildman–Crippen LogP) is 3.18. The van der Waals surface area contributed by atoms with Crippen molar-refractivity contribution < 1.29 is 4.79 Å². The number of hydrogen-bond donors (Lipinski definition) is 1. The van der Waals surface area contributed by atoms with E-state index in [0.29, 0.717) is 13.1 Å². The number of urea groups is 1. The molecule has 0 saturated carbocycles. The molecule has 1 aliphatic heterocycles. The summed E-state index contributed by atoms with van der Waals surface area (Å²) in [4.78, 5) is 25.4. The molecule has 3 heterocycles. The van der Waals surface area contributed by atoms with Crippen molar-refractivity contribution in [3.8, 4) is 5.82 Å². The SMILES string of the molecule is CCc1cccc(NC(=O)N2CCN(c3cc(-n4cccc4)ncn3)CC2)c1. The number of piperazine rings is 1. The van der Waals surface area contributed by atoms with Crippen LogP contribution in [0.15, 0.2) is 61.2 Å². The second kappa shape index (κ2) is 8.12. The Balaban J connectivity index is 1.37. The Morgan fingerprint density at radius 2 is 1.75 bits per heavy atom. The van der Waals surface area contributed by atoms with Crippen LogP contribution in [0.1, 0.15) is 12.5 Å². The van der Waals surface area contributed by atoms with Crippen molar-refractivity contribution in [1.29, 1.82) is 0 Å². The third-order valence-corrected chi connectivity index (χ3v) is 4.98. The van der Waals surface area contributed by atoms with Crippen LogP contribution in [0.2, 0.25) is 0 Å². The van der Waals surface area contributed by atoms with E-state index in [9.17, 15) is 4.79 Å². The molecular formula is C21H24N6O. The van der Waals surface area contributed by atoms with E-state index < -0.39 is 0 Å². The maximum absolute atomic E-state index is 12.6. The molecule has 0 unspecified atom stereocenters. The Labute approximate surface area is 164 Å². The number of amides is 2. The van der Waals surface area contributed by atoms with Crippen molar-refractivity contribution in [2.24, 2.45) is 0 Å². The predicted molar refractivity (Wildman–Crippen MR) is 110 cm³/mol. The normalized spacial score (nSPS) is 14.2. The van der Waals surface area contributed by atoms with Crippen LogP contribution in [0.25, 0.3) is 5.82 Å². The monoisotopic (exact) mass is 376 g/mol. The van der Waals surface area contributed by atoms with E-state index in [1.807, 2.05) is 58.3 Å². The number of anilines is 2. The van der Waals surface area contributed by atoms with Gasteiger partial charge >= 0.3 is 6.03 Å². The highest BCUT2D eigenvalue weighted by atomic mass is 16.2. The lowest BCUT2D eigenvalue weighted by Gasteiger charge is -2.35. The highest BCUT2D eigenvalue weighted by Gasteiger charge is 2.22. The van der Waals surface area contributed by atoms with E-state index in [-0.39, 0.29) is 6.03 Å². The molecule has 0 aliphatic carbocycles. The Hall–Kier alpha value is -3.35. The van der Waals surface area contributed by atoms with Gasteiger partial charge in [0.15, 0.2) is 0 Å². The maximum Gasteiger partial charge on any atom is 0.321 e. The molecule has 1 N–H and O–H groups in total. The molecule has 0 radical (unpaired) electrons. The summed E-state index contributed by atoms with van der Waals surface area (Å²) in [6.45, 7) is 4.90. The minimum atomic E-state index is -0.0522. The van der Waals surface area contributed by atoms with E-state index in [2.05, 4.69) is 33.2 Å². The smallest absolute Gasteiger partial charge is 0.321 e. The van der Waals surface area contributed by atoms with Crippen LogP contribution >= 0.6 is 0 Å². The second-order valence-electron chi connectivity index (χ2n) is 6.78. The fourth-order valence-corrected chi connectivity index (χ4v) is 3.35. The van der Waals surface area contributed by atoms with Gasteiger partial charge in [0.1, 0.15) is 18.0 Å². The molecule has 3 aromatic rings. The average Bonchev–Trinajstić information content (AvgIpc) is 3.29. The summed E-state index contributed by atoms with van der Waals surface area (Å²) in [6, 6.07) is 13.9. The molecule has 1 aromatic carbocycles. The van der Waals surface area contributed by atoms with E-state index >= 15 is 0 Å². The maximum atomic E-state index is 12.6. The molecule has 2 amide bonds. The molecule has 1 aliphatic rings. The summed E-state index contributed by atoms with van der Waals surface area (Å²) in [5.41, 5.74) is 2.06. The first kappa shape index (κ1) is 18.0. The third kappa shape index (κ3) is 3.98. The number of carbonyl (C=O) groups excluding carboxylic acids is 1. The first-order valence-corrected chi connectivity index (χ1v) is 9.58. The van der Waals surface area contributed by atoms with Crippen molar-refractivity contribution in [1.82, 2.24) is 19.4 Å². The molecule has 0 bridgehead atoms. The van der Waals surface area contributed by atoms with E-state index in [0.717, 1.165) is 36.8 Å². The standard InChI is InChI=1S/C21H24N6O/c1-2-17-6-5-7-18(14-17)24-21(28)27-12-10-26(11-13-27)20-15-19(22-16-23-20)25-8-3-4-9-25/h3-9,14-16H,2,10-13H2,1H3,(H,24,28). The molecule has 1 fully saturated rings. The van der Waals surface area contributed by atoms with Gasteiger partial charge in [-0.1, -0.05) is 19.1 Å². The molecule has 1 saturated heterocycles. The molecule has 144 valence electrons. The average molecular weight is 376 g/mol. The van der Waals surface area contributed by atoms with Crippen LogP contribution in [0, 0.1) is 0 Å². The van der Waals surface area contributed by atoms with E-state index in [4.69, 9.17) is 0 Å². The van der Waals surface area contributed by atoms with Gasteiger partial charge in [0.25, 0.3) is 0 Å². The summed E-state index contributed by atoms with van der Waals surface area (Å²) in [6.07, 6.45) is 6.46. The van der Waals surface area contributed by atoms with Crippen LogP contribution in [-0.2, 0) is 6.42 Å². The fraction of sp³-hybridized carbons (Fsp3) is 0.286. The van der Waals surface area contributed by atoms with E-state index in [1.54, 1.807) is 6.33 Å². The Morgan fingerprint density at radius 3 is 2.50 bits per heavy atom. The first-order chi connectivity index (χ1) is 13.7. The van der Waals surface area contributed by atoms with Gasteiger partial charge in [0.2, 0.25) is 0 Å². The number of hydrogen-bond acceptors (Lipinski definition) is 4. The molecule has 7 nitrogen and oxygen atoms in total. The lowest BCUT2D eigenvalue weighted by Crippen LogP contribution is -2.50. The van der Waals surface area contributed by atoms with Crippen molar-refractivity contribution in [2.75, 3.05) is 36.4 Å². The van der Waals surface area contributed by atoms with Crippen LogP contribution in [0.3, 0.4) is 0 Å². The quantitative estimate of drug-likeness (QED) is 0.759. The van der Waals surface area contributed by atoms with Crippen molar-refractivity contribution in [3.05, 3.63) is 66.7 Å². The van der Waals surface area contributed by atoms with Crippen molar-refractivity contribution in [3.63, 3.8) is 0 Å². The number of nitrogens with zero attached hydrogens (tertiary/aromatic N) is 5. The minimum absolute atomic E-state index is 0.0522. The van der Waals surface area contributed by atoms with E-state index in [1.165, 1.54) is 5.56 Å². The molecule has 0 atom stereocenters. The third-order valence-electron chi connectivity index (χ3n) is 4.98. The van der Waals surface area contributed by atoms with Gasteiger partial charge in [0, 0.05) is 50.3 Å². The Bertz CT molecular complexity index is 932. The lowest BCUT2D eigenvalue weighted by molar-refractivity contribution is 0.208. The summed E-state index contributed by atoms with van der Waals surface area (Å²) >= 11 is 0. The number of aryl methyl sites for hydroxylation is 1. The number of rotatable bonds is 4. The molecule has 7 heteroatoms. The number of nitrogens with one attached hydrogen (secondary N) is 1. The second-order valence-corrected chi connectivity index (χ2v) is 6.78.